The van der Waals surface area contributed by atoms with Crippen LogP contribution < -0.4 is 5.32 Å². The molecule has 0 spiro atoms. The molecule has 4 nitrogen and oxygen atoms in total. The number of carbonyl (C=O) groups is 1. The van der Waals surface area contributed by atoms with Crippen molar-refractivity contribution in [2.45, 2.75) is 60.4 Å². The number of aryl methyl sites for hydroxylation is 1. The third-order valence-electron chi connectivity index (χ3n) is 3.24. The van der Waals surface area contributed by atoms with E-state index in [9.17, 15) is 4.79 Å². The molecule has 1 unspecified atom stereocenters. The van der Waals surface area contributed by atoms with E-state index in [4.69, 9.17) is 4.52 Å². The van der Waals surface area contributed by atoms with E-state index >= 15 is 0 Å². The molecule has 4 heteroatoms. The number of nitrogens with one attached hydrogen (secondary N) is 1. The lowest BCUT2D eigenvalue weighted by Gasteiger charge is -2.31. The van der Waals surface area contributed by atoms with E-state index in [1.165, 1.54) is 0 Å². The highest BCUT2D eigenvalue weighted by atomic mass is 16.5. The van der Waals surface area contributed by atoms with Crippen molar-refractivity contribution in [3.05, 3.63) is 17.5 Å². The maximum Gasteiger partial charge on any atom is 0.290 e. The van der Waals surface area contributed by atoms with Gasteiger partial charge in [0.05, 0.1) is 5.69 Å². The lowest BCUT2D eigenvalue weighted by atomic mass is 9.83. The van der Waals surface area contributed by atoms with E-state index in [2.05, 4.69) is 45.1 Å². The normalized spacial score (nSPS) is 13.6. The van der Waals surface area contributed by atoms with Crippen LogP contribution in [0.3, 0.4) is 0 Å². The monoisotopic (exact) mass is 266 g/mol. The van der Waals surface area contributed by atoms with Crippen molar-refractivity contribution in [3.63, 3.8) is 0 Å². The van der Waals surface area contributed by atoms with Crippen molar-refractivity contribution in [1.82, 2.24) is 10.5 Å². The highest BCUT2D eigenvalue weighted by molar-refractivity contribution is 5.91. The molecule has 108 valence electrons. The Morgan fingerprint density at radius 3 is 2.42 bits per heavy atom. The summed E-state index contributed by atoms with van der Waals surface area (Å²) < 4.78 is 5.00. The first-order chi connectivity index (χ1) is 8.70. The molecule has 0 aliphatic rings. The van der Waals surface area contributed by atoms with Crippen LogP contribution in [0.15, 0.2) is 10.6 Å². The number of rotatable bonds is 5. The third kappa shape index (κ3) is 5.05. The van der Waals surface area contributed by atoms with Gasteiger partial charge in [-0.25, -0.2) is 0 Å². The average molecular weight is 266 g/mol. The van der Waals surface area contributed by atoms with Crippen LogP contribution in [0.5, 0.6) is 0 Å². The van der Waals surface area contributed by atoms with Crippen molar-refractivity contribution >= 4 is 5.91 Å². The van der Waals surface area contributed by atoms with Gasteiger partial charge in [-0.15, -0.1) is 0 Å². The van der Waals surface area contributed by atoms with E-state index in [1.54, 1.807) is 13.0 Å². The van der Waals surface area contributed by atoms with Gasteiger partial charge in [0.2, 0.25) is 5.76 Å². The third-order valence-corrected chi connectivity index (χ3v) is 3.24. The zero-order valence-corrected chi connectivity index (χ0v) is 12.9. The van der Waals surface area contributed by atoms with Crippen LogP contribution in [0.4, 0.5) is 0 Å². The summed E-state index contributed by atoms with van der Waals surface area (Å²) in [4.78, 5) is 12.1. The van der Waals surface area contributed by atoms with E-state index in [0.29, 0.717) is 5.92 Å². The summed E-state index contributed by atoms with van der Waals surface area (Å²) in [5.74, 6) is 0.745. The van der Waals surface area contributed by atoms with Gasteiger partial charge in [-0.05, 0) is 31.1 Å². The molecule has 0 saturated heterocycles. The highest BCUT2D eigenvalue weighted by Crippen LogP contribution is 2.24. The first kappa shape index (κ1) is 15.7. The molecule has 0 radical (unpaired) electrons. The lowest BCUT2D eigenvalue weighted by Crippen LogP contribution is -2.43. The molecule has 1 N–H and O–H groups in total. The molecule has 1 heterocycles. The number of carbonyl (C=O) groups excluding carboxylic acids is 1. The Labute approximate surface area is 115 Å². The van der Waals surface area contributed by atoms with E-state index in [0.717, 1.165) is 18.5 Å². The van der Waals surface area contributed by atoms with Crippen LogP contribution >= 0.6 is 0 Å². The molecule has 1 atom stereocenters. The molecule has 19 heavy (non-hydrogen) atoms. The highest BCUT2D eigenvalue weighted by Gasteiger charge is 2.27. The van der Waals surface area contributed by atoms with Crippen LogP contribution in [0.25, 0.3) is 0 Å². The Kier molecular flexibility index (Phi) is 5.15. The van der Waals surface area contributed by atoms with Gasteiger partial charge in [-0.2, -0.15) is 0 Å². The molecule has 0 saturated carbocycles. The standard InChI is InChI=1S/C15H26N2O2/c1-10(2)7-8-13(15(4,5)6)16-14(18)12-9-11(3)17-19-12/h9-10,13H,7-8H2,1-6H3,(H,16,18). The summed E-state index contributed by atoms with van der Waals surface area (Å²) in [5, 5.41) is 6.81. The van der Waals surface area contributed by atoms with Gasteiger partial charge in [0.15, 0.2) is 0 Å². The fourth-order valence-corrected chi connectivity index (χ4v) is 1.92. The molecule has 1 rings (SSSR count). The number of amides is 1. The minimum atomic E-state index is -0.177. The van der Waals surface area contributed by atoms with Crippen molar-refractivity contribution in [2.24, 2.45) is 11.3 Å². The van der Waals surface area contributed by atoms with Crippen molar-refractivity contribution in [3.8, 4) is 0 Å². The Morgan fingerprint density at radius 1 is 1.37 bits per heavy atom. The Hall–Kier alpha value is -1.32. The second kappa shape index (κ2) is 6.22. The number of aromatic nitrogens is 1. The molecule has 0 aliphatic heterocycles. The molecule has 0 bridgehead atoms. The predicted molar refractivity (Wildman–Crippen MR) is 76.0 cm³/mol. The summed E-state index contributed by atoms with van der Waals surface area (Å²) in [6, 6.07) is 1.80. The average Bonchev–Trinajstić information content (AvgIpc) is 2.68. The molecule has 0 fully saturated rings. The summed E-state index contributed by atoms with van der Waals surface area (Å²) in [5.41, 5.74) is 0.749. The second-order valence-electron chi connectivity index (χ2n) is 6.70. The van der Waals surface area contributed by atoms with Crippen molar-refractivity contribution < 1.29 is 9.32 Å². The maximum absolute atomic E-state index is 12.1. The molecular weight excluding hydrogens is 240 g/mol. The zero-order chi connectivity index (χ0) is 14.6. The van der Waals surface area contributed by atoms with Crippen LogP contribution in [0.2, 0.25) is 0 Å². The van der Waals surface area contributed by atoms with E-state index < -0.39 is 0 Å². The van der Waals surface area contributed by atoms with Crippen molar-refractivity contribution in [2.75, 3.05) is 0 Å². The van der Waals surface area contributed by atoms with Gasteiger partial charge < -0.3 is 9.84 Å². The Morgan fingerprint density at radius 2 is 2.00 bits per heavy atom. The fraction of sp³-hybridized carbons (Fsp3) is 0.733. The van der Waals surface area contributed by atoms with Crippen LogP contribution in [-0.2, 0) is 0 Å². The number of hydrogen-bond acceptors (Lipinski definition) is 3. The molecule has 1 aromatic rings. The fourth-order valence-electron chi connectivity index (χ4n) is 1.92. The topological polar surface area (TPSA) is 55.1 Å². The summed E-state index contributed by atoms with van der Waals surface area (Å²) in [6.07, 6.45) is 2.07. The summed E-state index contributed by atoms with van der Waals surface area (Å²) in [6.45, 7) is 12.6. The smallest absolute Gasteiger partial charge is 0.290 e. The largest absolute Gasteiger partial charge is 0.351 e. The van der Waals surface area contributed by atoms with Gasteiger partial charge >= 0.3 is 0 Å². The van der Waals surface area contributed by atoms with Gasteiger partial charge in [-0.1, -0.05) is 39.8 Å². The van der Waals surface area contributed by atoms with Gasteiger partial charge in [-0.3, -0.25) is 4.79 Å². The van der Waals surface area contributed by atoms with Crippen LogP contribution in [-0.4, -0.2) is 17.1 Å². The van der Waals surface area contributed by atoms with Crippen molar-refractivity contribution in [1.29, 1.82) is 0 Å². The minimum Gasteiger partial charge on any atom is -0.351 e. The molecule has 1 amide bonds. The van der Waals surface area contributed by atoms with E-state index in [1.807, 2.05) is 0 Å². The minimum absolute atomic E-state index is 0.0274. The molecular formula is C15H26N2O2. The quantitative estimate of drug-likeness (QED) is 0.886. The first-order valence-electron chi connectivity index (χ1n) is 6.94. The predicted octanol–water partition coefficient (Wildman–Crippen LogP) is 3.56. The van der Waals surface area contributed by atoms with Gasteiger partial charge in [0, 0.05) is 12.1 Å². The molecule has 1 aromatic heterocycles. The number of hydrogen-bond donors (Lipinski definition) is 1. The zero-order valence-electron chi connectivity index (χ0n) is 12.9. The summed E-state index contributed by atoms with van der Waals surface area (Å²) in [7, 11) is 0. The first-order valence-corrected chi connectivity index (χ1v) is 6.94. The number of nitrogens with zero attached hydrogens (tertiary/aromatic N) is 1. The van der Waals surface area contributed by atoms with E-state index in [-0.39, 0.29) is 23.1 Å². The van der Waals surface area contributed by atoms with Gasteiger partial charge in [0.1, 0.15) is 0 Å². The second-order valence-corrected chi connectivity index (χ2v) is 6.70. The van der Waals surface area contributed by atoms with Gasteiger partial charge in [0.25, 0.3) is 5.91 Å². The SMILES string of the molecule is Cc1cc(C(=O)NC(CCC(C)C)C(C)(C)C)on1. The maximum atomic E-state index is 12.1. The lowest BCUT2D eigenvalue weighted by molar-refractivity contribution is 0.0856. The molecule has 0 aromatic carbocycles. The summed E-state index contributed by atoms with van der Waals surface area (Å²) >= 11 is 0. The Bertz CT molecular complexity index is 416. The Balaban J connectivity index is 2.69. The van der Waals surface area contributed by atoms with Crippen LogP contribution in [0.1, 0.15) is 63.7 Å². The van der Waals surface area contributed by atoms with Crippen LogP contribution in [0, 0.1) is 18.3 Å². The molecule has 0 aliphatic carbocycles.